The van der Waals surface area contributed by atoms with Gasteiger partial charge in [-0.05, 0) is 45.3 Å². The number of rotatable bonds is 5. The van der Waals surface area contributed by atoms with E-state index in [0.29, 0.717) is 11.3 Å². The van der Waals surface area contributed by atoms with Crippen LogP contribution in [-0.2, 0) is 6.42 Å². The Morgan fingerprint density at radius 2 is 2.39 bits per heavy atom. The first-order chi connectivity index (χ1) is 8.71. The highest BCUT2D eigenvalue weighted by atomic mass is 32.1. The van der Waals surface area contributed by atoms with Gasteiger partial charge in [0.15, 0.2) is 0 Å². The predicted molar refractivity (Wildman–Crippen MR) is 76.3 cm³/mol. The molecule has 4 heteroatoms. The summed E-state index contributed by atoms with van der Waals surface area (Å²) in [7, 11) is 4.26. The van der Waals surface area contributed by atoms with Gasteiger partial charge in [-0.25, -0.2) is 4.98 Å². The molecule has 3 rings (SSSR count). The smallest absolute Gasteiger partial charge is 0.0934 e. The fraction of sp³-hybridized carbons (Fsp3) is 0.786. The van der Waals surface area contributed by atoms with Gasteiger partial charge in [0.2, 0.25) is 0 Å². The van der Waals surface area contributed by atoms with Gasteiger partial charge in [0.25, 0.3) is 0 Å². The second-order valence-corrected chi connectivity index (χ2v) is 7.06. The van der Waals surface area contributed by atoms with E-state index in [4.69, 9.17) is 4.98 Å². The third-order valence-corrected chi connectivity index (χ3v) is 5.28. The van der Waals surface area contributed by atoms with Gasteiger partial charge in [0, 0.05) is 30.8 Å². The van der Waals surface area contributed by atoms with E-state index in [-0.39, 0.29) is 0 Å². The maximum Gasteiger partial charge on any atom is 0.0934 e. The van der Waals surface area contributed by atoms with Gasteiger partial charge in [-0.3, -0.25) is 0 Å². The van der Waals surface area contributed by atoms with E-state index >= 15 is 0 Å². The monoisotopic (exact) mass is 265 g/mol. The van der Waals surface area contributed by atoms with Crippen molar-refractivity contribution >= 4 is 11.3 Å². The van der Waals surface area contributed by atoms with Gasteiger partial charge in [-0.15, -0.1) is 11.3 Å². The molecule has 1 atom stereocenters. The molecule has 3 nitrogen and oxygen atoms in total. The Hall–Kier alpha value is -0.450. The third-order valence-electron chi connectivity index (χ3n) is 4.41. The topological polar surface area (TPSA) is 28.2 Å². The van der Waals surface area contributed by atoms with E-state index in [0.717, 1.165) is 6.54 Å². The van der Waals surface area contributed by atoms with Crippen LogP contribution in [-0.4, -0.2) is 43.6 Å². The molecule has 0 aromatic carbocycles. The molecule has 1 unspecified atom stereocenters. The van der Waals surface area contributed by atoms with E-state index in [9.17, 15) is 0 Å². The summed E-state index contributed by atoms with van der Waals surface area (Å²) >= 11 is 1.87. The van der Waals surface area contributed by atoms with Crippen molar-refractivity contribution in [1.82, 2.24) is 15.2 Å². The molecule has 1 aromatic heterocycles. The number of hydrogen-bond acceptors (Lipinski definition) is 4. The second kappa shape index (κ2) is 4.91. The molecule has 2 aliphatic rings. The highest BCUT2D eigenvalue weighted by molar-refractivity contribution is 7.09. The SMILES string of the molecule is CNCC1(Cc2nc(C3CCN(C)C3)cs2)CC1. The van der Waals surface area contributed by atoms with Gasteiger partial charge in [0.1, 0.15) is 0 Å². The van der Waals surface area contributed by atoms with Gasteiger partial charge >= 0.3 is 0 Å². The Bertz CT molecular complexity index is 411. The quantitative estimate of drug-likeness (QED) is 0.884. The molecule has 0 radical (unpaired) electrons. The lowest BCUT2D eigenvalue weighted by Crippen LogP contribution is -2.21. The summed E-state index contributed by atoms with van der Waals surface area (Å²) < 4.78 is 0. The van der Waals surface area contributed by atoms with Crippen LogP contribution in [0.2, 0.25) is 0 Å². The van der Waals surface area contributed by atoms with Crippen LogP contribution in [0.5, 0.6) is 0 Å². The molecule has 2 heterocycles. The van der Waals surface area contributed by atoms with E-state index < -0.39 is 0 Å². The lowest BCUT2D eigenvalue weighted by atomic mass is 10.0. The normalized spacial score (nSPS) is 26.7. The largest absolute Gasteiger partial charge is 0.319 e. The van der Waals surface area contributed by atoms with Crippen LogP contribution in [0.25, 0.3) is 0 Å². The summed E-state index contributed by atoms with van der Waals surface area (Å²) in [5.41, 5.74) is 1.88. The van der Waals surface area contributed by atoms with Crippen LogP contribution in [0, 0.1) is 5.41 Å². The molecule has 0 amide bonds. The van der Waals surface area contributed by atoms with Gasteiger partial charge < -0.3 is 10.2 Å². The van der Waals surface area contributed by atoms with Crippen LogP contribution in [0.3, 0.4) is 0 Å². The number of nitrogens with one attached hydrogen (secondary N) is 1. The van der Waals surface area contributed by atoms with Crippen molar-refractivity contribution in [3.63, 3.8) is 0 Å². The Kier molecular flexibility index (Phi) is 3.43. The Balaban J connectivity index is 1.63. The number of hydrogen-bond donors (Lipinski definition) is 1. The Morgan fingerprint density at radius 3 is 3.00 bits per heavy atom. The first-order valence-electron chi connectivity index (χ1n) is 6.98. The van der Waals surface area contributed by atoms with Crippen molar-refractivity contribution in [3.8, 4) is 0 Å². The molecule has 0 spiro atoms. The Morgan fingerprint density at radius 1 is 1.56 bits per heavy atom. The number of nitrogens with zero attached hydrogens (tertiary/aromatic N) is 2. The maximum absolute atomic E-state index is 4.90. The van der Waals surface area contributed by atoms with E-state index in [1.807, 2.05) is 11.3 Å². The minimum absolute atomic E-state index is 0.538. The average molecular weight is 265 g/mol. The fourth-order valence-electron chi connectivity index (χ4n) is 3.06. The summed E-state index contributed by atoms with van der Waals surface area (Å²) in [6.45, 7) is 3.56. The zero-order valence-corrected chi connectivity index (χ0v) is 12.2. The molecule has 18 heavy (non-hydrogen) atoms. The average Bonchev–Trinajstić information content (AvgIpc) is 2.77. The number of thiazole rings is 1. The summed E-state index contributed by atoms with van der Waals surface area (Å²) in [4.78, 5) is 7.31. The molecule has 1 saturated heterocycles. The van der Waals surface area contributed by atoms with Crippen molar-refractivity contribution in [2.24, 2.45) is 5.41 Å². The van der Waals surface area contributed by atoms with Crippen molar-refractivity contribution in [2.45, 2.75) is 31.6 Å². The molecule has 0 bridgehead atoms. The van der Waals surface area contributed by atoms with Crippen molar-refractivity contribution < 1.29 is 0 Å². The minimum atomic E-state index is 0.538. The highest BCUT2D eigenvalue weighted by Gasteiger charge is 2.42. The zero-order valence-electron chi connectivity index (χ0n) is 11.4. The molecular weight excluding hydrogens is 242 g/mol. The molecular formula is C14H23N3S. The minimum Gasteiger partial charge on any atom is -0.319 e. The van der Waals surface area contributed by atoms with Crippen LogP contribution >= 0.6 is 11.3 Å². The first-order valence-corrected chi connectivity index (χ1v) is 7.86. The van der Waals surface area contributed by atoms with Gasteiger partial charge in [0.05, 0.1) is 10.7 Å². The van der Waals surface area contributed by atoms with Crippen LogP contribution in [0.4, 0.5) is 0 Å². The van der Waals surface area contributed by atoms with Crippen molar-refractivity contribution in [1.29, 1.82) is 0 Å². The molecule has 1 aliphatic heterocycles. The molecule has 1 saturated carbocycles. The summed E-state index contributed by atoms with van der Waals surface area (Å²) in [5, 5.41) is 6.98. The van der Waals surface area contributed by atoms with Crippen LogP contribution in [0.15, 0.2) is 5.38 Å². The maximum atomic E-state index is 4.90. The molecule has 1 N–H and O–H groups in total. The molecule has 100 valence electrons. The molecule has 1 aromatic rings. The second-order valence-electron chi connectivity index (χ2n) is 6.12. The van der Waals surface area contributed by atoms with E-state index in [2.05, 4.69) is 29.7 Å². The first kappa shape index (κ1) is 12.6. The van der Waals surface area contributed by atoms with Gasteiger partial charge in [-0.2, -0.15) is 0 Å². The summed E-state index contributed by atoms with van der Waals surface area (Å²) in [6.07, 6.45) is 5.20. The van der Waals surface area contributed by atoms with Crippen molar-refractivity contribution in [2.75, 3.05) is 33.7 Å². The van der Waals surface area contributed by atoms with Crippen LogP contribution in [0.1, 0.15) is 35.9 Å². The highest BCUT2D eigenvalue weighted by Crippen LogP contribution is 2.48. The number of likely N-dealkylation sites (N-methyl/N-ethyl adjacent to an activating group) is 1. The third kappa shape index (κ3) is 2.60. The van der Waals surface area contributed by atoms with Crippen LogP contribution < -0.4 is 5.32 Å². The standard InChI is InChI=1S/C14H23N3S/c1-15-10-14(4-5-14)7-13-16-12(9-18-13)11-3-6-17(2)8-11/h9,11,15H,3-8,10H2,1-2H3. The van der Waals surface area contributed by atoms with E-state index in [1.165, 1.54) is 49.5 Å². The van der Waals surface area contributed by atoms with Crippen molar-refractivity contribution in [3.05, 3.63) is 16.1 Å². The fourth-order valence-corrected chi connectivity index (χ4v) is 4.11. The lowest BCUT2D eigenvalue weighted by molar-refractivity contribution is 0.410. The Labute approximate surface area is 114 Å². The summed E-state index contributed by atoms with van der Waals surface area (Å²) in [6, 6.07) is 0. The predicted octanol–water partition coefficient (Wildman–Crippen LogP) is 2.10. The molecule has 1 aliphatic carbocycles. The lowest BCUT2D eigenvalue weighted by Gasteiger charge is -2.12. The summed E-state index contributed by atoms with van der Waals surface area (Å²) in [5.74, 6) is 0.680. The molecule has 2 fully saturated rings. The van der Waals surface area contributed by atoms with E-state index in [1.54, 1.807) is 0 Å². The number of likely N-dealkylation sites (tertiary alicyclic amines) is 1. The number of aromatic nitrogens is 1. The van der Waals surface area contributed by atoms with Gasteiger partial charge in [-0.1, -0.05) is 0 Å². The zero-order chi connectivity index (χ0) is 12.6.